The van der Waals surface area contributed by atoms with Gasteiger partial charge in [-0.3, -0.25) is 4.79 Å². The van der Waals surface area contributed by atoms with Gasteiger partial charge >= 0.3 is 5.97 Å². The molecule has 19 heavy (non-hydrogen) atoms. The number of aryl methyl sites for hydroxylation is 1. The zero-order chi connectivity index (χ0) is 14.8. The molecule has 1 aromatic rings. The van der Waals surface area contributed by atoms with Gasteiger partial charge in [-0.1, -0.05) is 25.4 Å². The predicted octanol–water partition coefficient (Wildman–Crippen LogP) is 2.04. The van der Waals surface area contributed by atoms with Gasteiger partial charge < -0.3 is 5.11 Å². The van der Waals surface area contributed by atoms with Crippen molar-refractivity contribution in [3.63, 3.8) is 0 Å². The fraction of sp³-hybridized carbons (Fsp3) is 0.417. The van der Waals surface area contributed by atoms with E-state index in [1.807, 2.05) is 0 Å². The molecule has 2 N–H and O–H groups in total. The number of carbonyl (C=O) groups is 1. The van der Waals surface area contributed by atoms with Crippen molar-refractivity contribution >= 4 is 27.6 Å². The third-order valence-corrected chi connectivity index (χ3v) is 4.48. The van der Waals surface area contributed by atoms with Crippen LogP contribution in [-0.4, -0.2) is 25.5 Å². The summed E-state index contributed by atoms with van der Waals surface area (Å²) in [4.78, 5) is 11.1. The van der Waals surface area contributed by atoms with Crippen molar-refractivity contribution in [1.29, 1.82) is 0 Å². The number of nitrogens with one attached hydrogen (secondary N) is 1. The summed E-state index contributed by atoms with van der Waals surface area (Å²) in [5, 5.41) is 9.45. The van der Waals surface area contributed by atoms with Crippen LogP contribution in [0.25, 0.3) is 0 Å². The highest BCUT2D eigenvalue weighted by Crippen LogP contribution is 2.20. The Kier molecular flexibility index (Phi) is 4.95. The van der Waals surface area contributed by atoms with Crippen molar-refractivity contribution in [2.75, 3.05) is 0 Å². The molecule has 0 bridgehead atoms. The first-order valence-electron chi connectivity index (χ1n) is 5.66. The Labute approximate surface area is 117 Å². The number of sulfonamides is 1. The van der Waals surface area contributed by atoms with Crippen molar-refractivity contribution in [3.05, 3.63) is 28.8 Å². The van der Waals surface area contributed by atoms with Crippen LogP contribution in [0.1, 0.15) is 19.4 Å². The van der Waals surface area contributed by atoms with Gasteiger partial charge in [0, 0.05) is 5.02 Å². The molecular formula is C12H16ClNO4S. The summed E-state index contributed by atoms with van der Waals surface area (Å²) in [5.74, 6) is -1.56. The topological polar surface area (TPSA) is 83.5 Å². The lowest BCUT2D eigenvalue weighted by atomic mass is 10.1. The van der Waals surface area contributed by atoms with E-state index in [1.165, 1.54) is 18.2 Å². The van der Waals surface area contributed by atoms with E-state index in [9.17, 15) is 13.2 Å². The minimum Gasteiger partial charge on any atom is -0.480 e. The molecule has 0 saturated carbocycles. The molecule has 0 unspecified atom stereocenters. The molecule has 1 aromatic carbocycles. The smallest absolute Gasteiger partial charge is 0.322 e. The molecule has 1 atom stereocenters. The average molecular weight is 306 g/mol. The van der Waals surface area contributed by atoms with E-state index in [-0.39, 0.29) is 10.8 Å². The fourth-order valence-corrected chi connectivity index (χ4v) is 3.41. The van der Waals surface area contributed by atoms with Gasteiger partial charge in [0.2, 0.25) is 10.0 Å². The first kappa shape index (κ1) is 15.9. The number of benzene rings is 1. The van der Waals surface area contributed by atoms with Crippen LogP contribution >= 0.6 is 11.6 Å². The lowest BCUT2D eigenvalue weighted by Gasteiger charge is -2.18. The molecule has 0 aliphatic carbocycles. The van der Waals surface area contributed by atoms with Crippen LogP contribution in [0.3, 0.4) is 0 Å². The van der Waals surface area contributed by atoms with Gasteiger partial charge in [-0.2, -0.15) is 4.72 Å². The van der Waals surface area contributed by atoms with Crippen LogP contribution in [0.15, 0.2) is 23.1 Å². The maximum atomic E-state index is 12.2. The summed E-state index contributed by atoms with van der Waals surface area (Å²) in [6.45, 7) is 4.87. The van der Waals surface area contributed by atoms with Gasteiger partial charge in [0.1, 0.15) is 6.04 Å². The Hall–Kier alpha value is -1.11. The Balaban J connectivity index is 3.14. The second kappa shape index (κ2) is 5.90. The largest absolute Gasteiger partial charge is 0.480 e. The molecule has 0 saturated heterocycles. The molecule has 7 heteroatoms. The van der Waals surface area contributed by atoms with Crippen molar-refractivity contribution in [2.24, 2.45) is 5.92 Å². The monoisotopic (exact) mass is 305 g/mol. The summed E-state index contributed by atoms with van der Waals surface area (Å²) in [5.41, 5.74) is 0.466. The molecule has 0 amide bonds. The highest BCUT2D eigenvalue weighted by Gasteiger charge is 2.28. The average Bonchev–Trinajstić information content (AvgIpc) is 2.24. The minimum absolute atomic E-state index is 0.0313. The lowest BCUT2D eigenvalue weighted by molar-refractivity contribution is -0.140. The highest BCUT2D eigenvalue weighted by atomic mass is 35.5. The van der Waals surface area contributed by atoms with Crippen molar-refractivity contribution in [3.8, 4) is 0 Å². The van der Waals surface area contributed by atoms with E-state index < -0.39 is 22.0 Å². The molecule has 0 aliphatic rings. The van der Waals surface area contributed by atoms with E-state index in [1.54, 1.807) is 20.8 Å². The van der Waals surface area contributed by atoms with Crippen LogP contribution in [0.5, 0.6) is 0 Å². The van der Waals surface area contributed by atoms with Gasteiger partial charge in [0.05, 0.1) is 4.90 Å². The number of rotatable bonds is 5. The third-order valence-electron chi connectivity index (χ3n) is 2.64. The normalized spacial score (nSPS) is 13.5. The molecular weight excluding hydrogens is 290 g/mol. The summed E-state index contributed by atoms with van der Waals surface area (Å²) < 4.78 is 26.5. The molecule has 0 heterocycles. The second-order valence-electron chi connectivity index (χ2n) is 4.59. The summed E-state index contributed by atoms with van der Waals surface area (Å²) in [6.07, 6.45) is 0. The van der Waals surface area contributed by atoms with Gasteiger partial charge in [0.25, 0.3) is 0 Å². The van der Waals surface area contributed by atoms with E-state index in [2.05, 4.69) is 4.72 Å². The van der Waals surface area contributed by atoms with Crippen molar-refractivity contribution in [1.82, 2.24) is 4.72 Å². The van der Waals surface area contributed by atoms with Crippen LogP contribution in [0, 0.1) is 12.8 Å². The first-order chi connectivity index (χ1) is 8.65. The van der Waals surface area contributed by atoms with Gasteiger partial charge in [-0.05, 0) is 36.6 Å². The van der Waals surface area contributed by atoms with Gasteiger partial charge in [-0.25, -0.2) is 8.42 Å². The summed E-state index contributed by atoms with van der Waals surface area (Å²) >= 11 is 5.76. The minimum atomic E-state index is -3.89. The van der Waals surface area contributed by atoms with Crippen molar-refractivity contribution in [2.45, 2.75) is 31.7 Å². The molecule has 0 aliphatic heterocycles. The SMILES string of the molecule is Cc1cc(Cl)ccc1S(=O)(=O)N[C@@H](C(=O)O)C(C)C. The second-order valence-corrected chi connectivity index (χ2v) is 6.71. The molecule has 0 aromatic heterocycles. The van der Waals surface area contributed by atoms with E-state index in [4.69, 9.17) is 16.7 Å². The van der Waals surface area contributed by atoms with Crippen LogP contribution in [0.4, 0.5) is 0 Å². The van der Waals surface area contributed by atoms with Gasteiger partial charge in [0.15, 0.2) is 0 Å². The number of aliphatic carboxylic acids is 1. The Bertz CT molecular complexity index is 583. The van der Waals surface area contributed by atoms with E-state index in [0.717, 1.165) is 0 Å². The number of carboxylic acids is 1. The highest BCUT2D eigenvalue weighted by molar-refractivity contribution is 7.89. The van der Waals surface area contributed by atoms with Crippen LogP contribution in [0.2, 0.25) is 5.02 Å². The fourth-order valence-electron chi connectivity index (χ4n) is 1.62. The Morgan fingerprint density at radius 2 is 1.95 bits per heavy atom. The Morgan fingerprint density at radius 3 is 2.37 bits per heavy atom. The van der Waals surface area contributed by atoms with E-state index in [0.29, 0.717) is 10.6 Å². The van der Waals surface area contributed by atoms with Crippen LogP contribution < -0.4 is 4.72 Å². The van der Waals surface area contributed by atoms with Crippen molar-refractivity contribution < 1.29 is 18.3 Å². The first-order valence-corrected chi connectivity index (χ1v) is 7.52. The lowest BCUT2D eigenvalue weighted by Crippen LogP contribution is -2.44. The van der Waals surface area contributed by atoms with E-state index >= 15 is 0 Å². The van der Waals surface area contributed by atoms with Gasteiger partial charge in [-0.15, -0.1) is 0 Å². The third kappa shape index (κ3) is 3.92. The summed E-state index contributed by atoms with van der Waals surface area (Å²) in [6, 6.07) is 3.16. The standard InChI is InChI=1S/C12H16ClNO4S/c1-7(2)11(12(15)16)14-19(17,18)10-5-4-9(13)6-8(10)3/h4-7,11,14H,1-3H3,(H,15,16)/t11-/m1/s1. The predicted molar refractivity (Wildman–Crippen MR) is 72.8 cm³/mol. The molecule has 0 fully saturated rings. The summed E-state index contributed by atoms with van der Waals surface area (Å²) in [7, 11) is -3.89. The maximum absolute atomic E-state index is 12.2. The molecule has 5 nitrogen and oxygen atoms in total. The molecule has 1 rings (SSSR count). The number of halogens is 1. The maximum Gasteiger partial charge on any atom is 0.322 e. The Morgan fingerprint density at radius 1 is 1.37 bits per heavy atom. The number of hydrogen-bond acceptors (Lipinski definition) is 3. The molecule has 0 radical (unpaired) electrons. The molecule has 0 spiro atoms. The number of hydrogen-bond donors (Lipinski definition) is 2. The quantitative estimate of drug-likeness (QED) is 0.872. The van der Waals surface area contributed by atoms with Crippen LogP contribution in [-0.2, 0) is 14.8 Å². The zero-order valence-corrected chi connectivity index (χ0v) is 12.4. The zero-order valence-electron chi connectivity index (χ0n) is 10.8. The number of carboxylic acid groups (broad SMARTS) is 1. The molecule has 106 valence electrons.